The van der Waals surface area contributed by atoms with Crippen LogP contribution in [0.15, 0.2) is 0 Å². The predicted molar refractivity (Wildman–Crippen MR) is 67.1 cm³/mol. The van der Waals surface area contributed by atoms with Crippen LogP contribution in [-0.4, -0.2) is 36.9 Å². The SMILES string of the molecule is CCCCOCCNC1CCC(C(=O)O)CC1. The molecule has 0 aromatic rings. The molecule has 2 N–H and O–H groups in total. The Labute approximate surface area is 104 Å². The molecule has 0 radical (unpaired) electrons. The van der Waals surface area contributed by atoms with Crippen molar-refractivity contribution < 1.29 is 14.6 Å². The van der Waals surface area contributed by atoms with Gasteiger partial charge in [0.25, 0.3) is 0 Å². The van der Waals surface area contributed by atoms with Crippen LogP contribution in [0.5, 0.6) is 0 Å². The summed E-state index contributed by atoms with van der Waals surface area (Å²) in [6, 6.07) is 0.486. The molecular weight excluding hydrogens is 218 g/mol. The number of hydrogen-bond donors (Lipinski definition) is 2. The molecular formula is C13H25NO3. The predicted octanol–water partition coefficient (Wildman–Crippen LogP) is 2.04. The average molecular weight is 243 g/mol. The van der Waals surface area contributed by atoms with Gasteiger partial charge < -0.3 is 15.2 Å². The van der Waals surface area contributed by atoms with Gasteiger partial charge >= 0.3 is 5.97 Å². The van der Waals surface area contributed by atoms with Gasteiger partial charge in [0.05, 0.1) is 12.5 Å². The van der Waals surface area contributed by atoms with Gasteiger partial charge in [-0.15, -0.1) is 0 Å². The number of nitrogens with one attached hydrogen (secondary N) is 1. The van der Waals surface area contributed by atoms with Crippen LogP contribution in [0, 0.1) is 5.92 Å². The number of ether oxygens (including phenoxy) is 1. The van der Waals surface area contributed by atoms with E-state index in [9.17, 15) is 4.79 Å². The molecule has 1 aliphatic carbocycles. The summed E-state index contributed by atoms with van der Waals surface area (Å²) in [4.78, 5) is 10.8. The normalized spacial score (nSPS) is 24.8. The van der Waals surface area contributed by atoms with Crippen molar-refractivity contribution in [3.8, 4) is 0 Å². The van der Waals surface area contributed by atoms with Crippen LogP contribution < -0.4 is 5.32 Å². The van der Waals surface area contributed by atoms with E-state index in [1.165, 1.54) is 6.42 Å². The van der Waals surface area contributed by atoms with E-state index in [1.807, 2.05) is 0 Å². The molecule has 0 aromatic heterocycles. The van der Waals surface area contributed by atoms with Gasteiger partial charge in [0, 0.05) is 19.2 Å². The molecule has 100 valence electrons. The smallest absolute Gasteiger partial charge is 0.306 e. The van der Waals surface area contributed by atoms with Gasteiger partial charge in [-0.1, -0.05) is 13.3 Å². The molecule has 17 heavy (non-hydrogen) atoms. The lowest BCUT2D eigenvalue weighted by atomic mass is 9.86. The number of carboxylic acid groups (broad SMARTS) is 1. The van der Waals surface area contributed by atoms with Gasteiger partial charge in [0.2, 0.25) is 0 Å². The van der Waals surface area contributed by atoms with Crippen molar-refractivity contribution in [2.24, 2.45) is 5.92 Å². The monoisotopic (exact) mass is 243 g/mol. The third kappa shape index (κ3) is 6.03. The first kappa shape index (κ1) is 14.5. The molecule has 0 aliphatic heterocycles. The highest BCUT2D eigenvalue weighted by atomic mass is 16.5. The minimum absolute atomic E-state index is 0.117. The van der Waals surface area contributed by atoms with E-state index in [0.717, 1.165) is 51.9 Å². The van der Waals surface area contributed by atoms with Crippen LogP contribution in [-0.2, 0) is 9.53 Å². The first-order valence-corrected chi connectivity index (χ1v) is 6.78. The zero-order valence-electron chi connectivity index (χ0n) is 10.8. The highest BCUT2D eigenvalue weighted by Crippen LogP contribution is 2.24. The third-order valence-corrected chi connectivity index (χ3v) is 3.40. The molecule has 4 heteroatoms. The van der Waals surface area contributed by atoms with Crippen molar-refractivity contribution >= 4 is 5.97 Å². The van der Waals surface area contributed by atoms with Crippen molar-refractivity contribution in [2.45, 2.75) is 51.5 Å². The minimum Gasteiger partial charge on any atom is -0.481 e. The van der Waals surface area contributed by atoms with Crippen LogP contribution in [0.25, 0.3) is 0 Å². The van der Waals surface area contributed by atoms with E-state index >= 15 is 0 Å². The molecule has 0 amide bonds. The third-order valence-electron chi connectivity index (χ3n) is 3.40. The Kier molecular flexibility index (Phi) is 7.21. The second-order valence-corrected chi connectivity index (χ2v) is 4.81. The zero-order valence-corrected chi connectivity index (χ0v) is 10.8. The van der Waals surface area contributed by atoms with Crippen molar-refractivity contribution in [2.75, 3.05) is 19.8 Å². The molecule has 1 saturated carbocycles. The Morgan fingerprint density at radius 2 is 2.00 bits per heavy atom. The fourth-order valence-electron chi connectivity index (χ4n) is 2.23. The first-order chi connectivity index (χ1) is 8.24. The maximum atomic E-state index is 10.8. The maximum absolute atomic E-state index is 10.8. The molecule has 4 nitrogen and oxygen atoms in total. The van der Waals surface area contributed by atoms with Crippen LogP contribution in [0.3, 0.4) is 0 Å². The van der Waals surface area contributed by atoms with Gasteiger partial charge in [0.15, 0.2) is 0 Å². The molecule has 0 heterocycles. The number of hydrogen-bond acceptors (Lipinski definition) is 3. The lowest BCUT2D eigenvalue weighted by Crippen LogP contribution is -2.36. The molecule has 0 bridgehead atoms. The Hall–Kier alpha value is -0.610. The summed E-state index contributed by atoms with van der Waals surface area (Å²) in [5, 5.41) is 12.3. The van der Waals surface area contributed by atoms with Crippen molar-refractivity contribution in [1.29, 1.82) is 0 Å². The Morgan fingerprint density at radius 1 is 1.29 bits per heavy atom. The summed E-state index contributed by atoms with van der Waals surface area (Å²) in [6.07, 6.45) is 5.88. The molecule has 1 aliphatic rings. The van der Waals surface area contributed by atoms with E-state index < -0.39 is 5.97 Å². The highest BCUT2D eigenvalue weighted by molar-refractivity contribution is 5.70. The molecule has 0 atom stereocenters. The molecule has 0 saturated heterocycles. The van der Waals surface area contributed by atoms with E-state index in [-0.39, 0.29) is 5.92 Å². The van der Waals surface area contributed by atoms with Crippen LogP contribution in [0.2, 0.25) is 0 Å². The topological polar surface area (TPSA) is 58.6 Å². The summed E-state index contributed by atoms with van der Waals surface area (Å²) < 4.78 is 5.47. The van der Waals surface area contributed by atoms with Crippen LogP contribution in [0.1, 0.15) is 45.4 Å². The van der Waals surface area contributed by atoms with E-state index in [1.54, 1.807) is 0 Å². The van der Waals surface area contributed by atoms with Crippen molar-refractivity contribution in [3.63, 3.8) is 0 Å². The number of unbranched alkanes of at least 4 members (excludes halogenated alkanes) is 1. The van der Waals surface area contributed by atoms with Crippen molar-refractivity contribution in [1.82, 2.24) is 5.32 Å². The van der Waals surface area contributed by atoms with E-state index in [2.05, 4.69) is 12.2 Å². The lowest BCUT2D eigenvalue weighted by molar-refractivity contribution is -0.142. The van der Waals surface area contributed by atoms with Gasteiger partial charge in [-0.05, 0) is 32.1 Å². The minimum atomic E-state index is -0.633. The second kappa shape index (κ2) is 8.48. The largest absolute Gasteiger partial charge is 0.481 e. The lowest BCUT2D eigenvalue weighted by Gasteiger charge is -2.26. The van der Waals surface area contributed by atoms with Crippen LogP contribution in [0.4, 0.5) is 0 Å². The van der Waals surface area contributed by atoms with E-state index in [4.69, 9.17) is 9.84 Å². The first-order valence-electron chi connectivity index (χ1n) is 6.78. The highest BCUT2D eigenvalue weighted by Gasteiger charge is 2.25. The summed E-state index contributed by atoms with van der Waals surface area (Å²) in [5.41, 5.74) is 0. The number of aliphatic carboxylic acids is 1. The Bertz CT molecular complexity index is 213. The second-order valence-electron chi connectivity index (χ2n) is 4.81. The summed E-state index contributed by atoms with van der Waals surface area (Å²) in [7, 11) is 0. The Morgan fingerprint density at radius 3 is 2.59 bits per heavy atom. The molecule has 0 unspecified atom stereocenters. The van der Waals surface area contributed by atoms with E-state index in [0.29, 0.717) is 6.04 Å². The maximum Gasteiger partial charge on any atom is 0.306 e. The number of carboxylic acids is 1. The Balaban J connectivity index is 1.97. The number of rotatable bonds is 8. The summed E-state index contributed by atoms with van der Waals surface area (Å²) >= 11 is 0. The van der Waals surface area contributed by atoms with Crippen molar-refractivity contribution in [3.05, 3.63) is 0 Å². The molecule has 0 spiro atoms. The van der Waals surface area contributed by atoms with Gasteiger partial charge in [-0.3, -0.25) is 4.79 Å². The zero-order chi connectivity index (χ0) is 12.5. The van der Waals surface area contributed by atoms with Gasteiger partial charge in [-0.2, -0.15) is 0 Å². The fourth-order valence-corrected chi connectivity index (χ4v) is 2.23. The fraction of sp³-hybridized carbons (Fsp3) is 0.923. The van der Waals surface area contributed by atoms with Gasteiger partial charge in [0.1, 0.15) is 0 Å². The molecule has 1 fully saturated rings. The van der Waals surface area contributed by atoms with Gasteiger partial charge in [-0.25, -0.2) is 0 Å². The average Bonchev–Trinajstić information content (AvgIpc) is 2.34. The van der Waals surface area contributed by atoms with Crippen LogP contribution >= 0.6 is 0 Å². The number of carbonyl (C=O) groups is 1. The molecule has 0 aromatic carbocycles. The quantitative estimate of drug-likeness (QED) is 0.640. The summed E-state index contributed by atoms with van der Waals surface area (Å²) in [5.74, 6) is -0.750. The molecule has 1 rings (SSSR count). The summed E-state index contributed by atoms with van der Waals surface area (Å²) in [6.45, 7) is 4.65. The standard InChI is InChI=1S/C13H25NO3/c1-2-3-9-17-10-8-14-12-6-4-11(5-7-12)13(15)16/h11-12,14H,2-10H2,1H3,(H,15,16).